The van der Waals surface area contributed by atoms with Gasteiger partial charge in [0.15, 0.2) is 18.2 Å². The average Bonchev–Trinajstić information content (AvgIpc) is 3.17. The van der Waals surface area contributed by atoms with Crippen LogP contribution in [0.3, 0.4) is 0 Å². The maximum atomic E-state index is 13.7. The second-order valence-electron chi connectivity index (χ2n) is 6.07. The van der Waals surface area contributed by atoms with Gasteiger partial charge in [0.2, 0.25) is 10.0 Å². The van der Waals surface area contributed by atoms with Gasteiger partial charge in [-0.2, -0.15) is 0 Å². The molecule has 1 aromatic carbocycles. The molecule has 0 atom stereocenters. The number of amides is 1. The number of likely N-dealkylation sites (tertiary alicyclic amines) is 1. The molecule has 27 heavy (non-hydrogen) atoms. The molecule has 1 N–H and O–H groups in total. The molecule has 0 aliphatic carbocycles. The molecule has 0 spiro atoms. The number of nitrogens with one attached hydrogen (secondary N) is 1. The van der Waals surface area contributed by atoms with Gasteiger partial charge in [0.1, 0.15) is 4.21 Å². The number of piperidine rings is 1. The molecule has 0 unspecified atom stereocenters. The van der Waals surface area contributed by atoms with Crippen LogP contribution in [0.2, 0.25) is 0 Å². The van der Waals surface area contributed by atoms with E-state index in [0.29, 0.717) is 30.4 Å². The Morgan fingerprint density at radius 3 is 2.70 bits per heavy atom. The zero-order valence-electron chi connectivity index (χ0n) is 14.2. The third-order valence-corrected chi connectivity index (χ3v) is 7.59. The maximum Gasteiger partial charge on any atom is 0.260 e. The number of nitrogens with zero attached hydrogens (tertiary/aromatic N) is 1. The van der Waals surface area contributed by atoms with Crippen LogP contribution in [0.1, 0.15) is 12.8 Å². The van der Waals surface area contributed by atoms with Gasteiger partial charge in [0.25, 0.3) is 5.91 Å². The second kappa shape index (κ2) is 8.68. The van der Waals surface area contributed by atoms with E-state index in [1.807, 2.05) is 0 Å². The topological polar surface area (TPSA) is 75.7 Å². The summed E-state index contributed by atoms with van der Waals surface area (Å²) < 4.78 is 47.1. The highest BCUT2D eigenvalue weighted by Crippen LogP contribution is 2.22. The summed E-state index contributed by atoms with van der Waals surface area (Å²) in [5, 5.41) is 1.71. The van der Waals surface area contributed by atoms with Crippen molar-refractivity contribution in [1.29, 1.82) is 0 Å². The SMILES string of the molecule is O=C(COc1ccc(Br)cc1F)N1CCC(NS(=O)(=O)c2cccs2)CC1. The minimum absolute atomic E-state index is 0.0187. The van der Waals surface area contributed by atoms with Crippen molar-refractivity contribution < 1.29 is 22.3 Å². The maximum absolute atomic E-state index is 13.7. The van der Waals surface area contributed by atoms with Crippen LogP contribution in [-0.2, 0) is 14.8 Å². The number of halogens is 2. The lowest BCUT2D eigenvalue weighted by molar-refractivity contribution is -0.134. The van der Waals surface area contributed by atoms with Crippen molar-refractivity contribution in [2.75, 3.05) is 19.7 Å². The first-order chi connectivity index (χ1) is 12.8. The van der Waals surface area contributed by atoms with E-state index in [-0.39, 0.29) is 28.5 Å². The van der Waals surface area contributed by atoms with Crippen molar-refractivity contribution in [3.8, 4) is 5.75 Å². The Bertz CT molecular complexity index is 898. The van der Waals surface area contributed by atoms with Crippen LogP contribution >= 0.6 is 27.3 Å². The summed E-state index contributed by atoms with van der Waals surface area (Å²) in [6.07, 6.45) is 1.03. The Labute approximate surface area is 169 Å². The van der Waals surface area contributed by atoms with Crippen molar-refractivity contribution in [1.82, 2.24) is 9.62 Å². The summed E-state index contributed by atoms with van der Waals surface area (Å²) in [4.78, 5) is 13.9. The first kappa shape index (κ1) is 20.2. The van der Waals surface area contributed by atoms with Gasteiger partial charge < -0.3 is 9.64 Å². The zero-order chi connectivity index (χ0) is 19.4. The first-order valence-electron chi connectivity index (χ1n) is 8.26. The molecule has 0 radical (unpaired) electrons. The van der Waals surface area contributed by atoms with Crippen LogP contribution in [0.25, 0.3) is 0 Å². The molecule has 2 heterocycles. The fourth-order valence-electron chi connectivity index (χ4n) is 2.76. The van der Waals surface area contributed by atoms with Gasteiger partial charge in [-0.25, -0.2) is 17.5 Å². The van der Waals surface area contributed by atoms with Gasteiger partial charge in [-0.1, -0.05) is 22.0 Å². The van der Waals surface area contributed by atoms with Gasteiger partial charge in [-0.05, 0) is 42.5 Å². The molecular formula is C17H18BrFN2O4S2. The van der Waals surface area contributed by atoms with E-state index in [0.717, 1.165) is 0 Å². The van der Waals surface area contributed by atoms with Gasteiger partial charge in [0, 0.05) is 23.6 Å². The summed E-state index contributed by atoms with van der Waals surface area (Å²) in [5.41, 5.74) is 0. The van der Waals surface area contributed by atoms with Crippen LogP contribution in [0.5, 0.6) is 5.75 Å². The molecule has 1 aliphatic rings. The molecule has 3 rings (SSSR count). The normalized spacial score (nSPS) is 15.7. The first-order valence-corrected chi connectivity index (χ1v) is 11.4. The average molecular weight is 477 g/mol. The van der Waals surface area contributed by atoms with Crippen LogP contribution in [0.4, 0.5) is 4.39 Å². The zero-order valence-corrected chi connectivity index (χ0v) is 17.4. The summed E-state index contributed by atoms with van der Waals surface area (Å²) >= 11 is 4.32. The minimum Gasteiger partial charge on any atom is -0.481 e. The Hall–Kier alpha value is -1.49. The van der Waals surface area contributed by atoms with Crippen molar-refractivity contribution in [2.45, 2.75) is 23.1 Å². The van der Waals surface area contributed by atoms with Crippen molar-refractivity contribution >= 4 is 43.2 Å². The molecule has 1 aliphatic heterocycles. The fourth-order valence-corrected chi connectivity index (χ4v) is 5.41. The third kappa shape index (κ3) is 5.28. The quantitative estimate of drug-likeness (QED) is 0.695. The molecule has 0 saturated carbocycles. The van der Waals surface area contributed by atoms with Crippen molar-refractivity contribution in [3.63, 3.8) is 0 Å². The lowest BCUT2D eigenvalue weighted by Gasteiger charge is -2.32. The molecule has 1 fully saturated rings. The van der Waals surface area contributed by atoms with E-state index in [2.05, 4.69) is 20.7 Å². The molecule has 10 heteroatoms. The molecule has 1 amide bonds. The lowest BCUT2D eigenvalue weighted by Crippen LogP contribution is -2.47. The number of benzene rings is 1. The number of rotatable bonds is 6. The highest BCUT2D eigenvalue weighted by atomic mass is 79.9. The van der Waals surface area contributed by atoms with Crippen LogP contribution in [0.15, 0.2) is 44.4 Å². The van der Waals surface area contributed by atoms with Crippen molar-refractivity contribution in [3.05, 3.63) is 46.0 Å². The lowest BCUT2D eigenvalue weighted by atomic mass is 10.1. The van der Waals surface area contributed by atoms with E-state index in [4.69, 9.17) is 4.74 Å². The van der Waals surface area contributed by atoms with Crippen LogP contribution < -0.4 is 9.46 Å². The molecule has 1 saturated heterocycles. The second-order valence-corrected chi connectivity index (χ2v) is 9.88. The fraction of sp³-hybridized carbons (Fsp3) is 0.353. The van der Waals surface area contributed by atoms with E-state index in [1.54, 1.807) is 28.5 Å². The number of carbonyl (C=O) groups is 1. The van der Waals surface area contributed by atoms with Crippen LogP contribution in [-0.4, -0.2) is 45.0 Å². The van der Waals surface area contributed by atoms with E-state index in [9.17, 15) is 17.6 Å². The van der Waals surface area contributed by atoms with Gasteiger partial charge >= 0.3 is 0 Å². The highest BCUT2D eigenvalue weighted by molar-refractivity contribution is 9.10. The van der Waals surface area contributed by atoms with Gasteiger partial charge in [-0.3, -0.25) is 4.79 Å². The molecule has 2 aromatic rings. The smallest absolute Gasteiger partial charge is 0.260 e. The van der Waals surface area contributed by atoms with E-state index >= 15 is 0 Å². The predicted molar refractivity (Wildman–Crippen MR) is 104 cm³/mol. The number of thiophene rings is 1. The summed E-state index contributed by atoms with van der Waals surface area (Å²) in [7, 11) is -3.51. The monoisotopic (exact) mass is 476 g/mol. The number of hydrogen-bond acceptors (Lipinski definition) is 5. The van der Waals surface area contributed by atoms with Gasteiger partial charge in [-0.15, -0.1) is 11.3 Å². The summed E-state index contributed by atoms with van der Waals surface area (Å²) in [6, 6.07) is 7.39. The largest absolute Gasteiger partial charge is 0.481 e. The number of ether oxygens (including phenoxy) is 1. The van der Waals surface area contributed by atoms with Crippen molar-refractivity contribution in [2.24, 2.45) is 0 Å². The Morgan fingerprint density at radius 2 is 2.07 bits per heavy atom. The van der Waals surface area contributed by atoms with E-state index in [1.165, 1.54) is 23.5 Å². The third-order valence-electron chi connectivity index (χ3n) is 4.17. The molecule has 1 aromatic heterocycles. The summed E-state index contributed by atoms with van der Waals surface area (Å²) in [6.45, 7) is 0.579. The minimum atomic E-state index is -3.51. The highest BCUT2D eigenvalue weighted by Gasteiger charge is 2.27. The van der Waals surface area contributed by atoms with Crippen LogP contribution in [0, 0.1) is 5.82 Å². The Kier molecular flexibility index (Phi) is 6.51. The summed E-state index contributed by atoms with van der Waals surface area (Å²) in [5.74, 6) is -0.777. The standard InChI is InChI=1S/C17H18BrFN2O4S2/c18-12-3-4-15(14(19)10-12)25-11-16(22)21-7-5-13(6-8-21)20-27(23,24)17-2-1-9-26-17/h1-4,9-10,13,20H,5-8,11H2. The van der Waals surface area contributed by atoms with Gasteiger partial charge in [0.05, 0.1) is 0 Å². The predicted octanol–water partition coefficient (Wildman–Crippen LogP) is 3.00. The molecule has 0 bridgehead atoms. The Balaban J connectivity index is 1.48. The molecule has 146 valence electrons. The molecule has 6 nitrogen and oxygen atoms in total. The van der Waals surface area contributed by atoms with E-state index < -0.39 is 15.8 Å². The number of carbonyl (C=O) groups excluding carboxylic acids is 1. The molecular weight excluding hydrogens is 459 g/mol. The Morgan fingerprint density at radius 1 is 1.33 bits per heavy atom. The number of sulfonamides is 1. The number of hydrogen-bond donors (Lipinski definition) is 1.